The Labute approximate surface area is 197 Å². The van der Waals surface area contributed by atoms with Crippen molar-refractivity contribution in [2.75, 3.05) is 14.1 Å². The summed E-state index contributed by atoms with van der Waals surface area (Å²) in [5.74, 6) is -1.38. The molecular weight excluding hydrogens is 474 g/mol. The minimum Gasteiger partial charge on any atom is -0.347 e. The number of hydrogen-bond donors (Lipinski definition) is 1. The minimum absolute atomic E-state index is 0.0502. The lowest BCUT2D eigenvalue weighted by atomic mass is 10.00. The molecule has 0 bridgehead atoms. The van der Waals surface area contributed by atoms with Crippen LogP contribution in [0.2, 0.25) is 0 Å². The summed E-state index contributed by atoms with van der Waals surface area (Å²) >= 11 is 0. The second-order valence-corrected chi connectivity index (χ2v) is 7.92. The Morgan fingerprint density at radius 1 is 0.743 bits per heavy atom. The molecule has 1 N–H and O–H groups in total. The standard InChI is InChI=1S/C25H20F6N2O2/c1-33(2)23(35)21(17-6-4-8-20(14-17)25(29,30)31)32-22(34)18-7-3-5-16(13-18)15-9-11-19(12-10-15)24(26,27)28/h3-14,21H,1-2H3,(H,32,34). The van der Waals surface area contributed by atoms with Crippen LogP contribution in [0.3, 0.4) is 0 Å². The van der Waals surface area contributed by atoms with Gasteiger partial charge in [-0.2, -0.15) is 26.3 Å². The van der Waals surface area contributed by atoms with Crippen LogP contribution in [0, 0.1) is 0 Å². The van der Waals surface area contributed by atoms with Crippen molar-refractivity contribution in [1.82, 2.24) is 10.2 Å². The predicted molar refractivity (Wildman–Crippen MR) is 117 cm³/mol. The molecular formula is C25H20F6N2O2. The van der Waals surface area contributed by atoms with Crippen LogP contribution in [0.4, 0.5) is 26.3 Å². The molecule has 3 rings (SSSR count). The van der Waals surface area contributed by atoms with E-state index < -0.39 is 41.3 Å². The summed E-state index contributed by atoms with van der Waals surface area (Å²) in [6, 6.07) is 13.0. The number of alkyl halides is 6. The zero-order valence-corrected chi connectivity index (χ0v) is 18.5. The number of carbonyl (C=O) groups is 2. The van der Waals surface area contributed by atoms with Gasteiger partial charge in [-0.25, -0.2) is 0 Å². The lowest BCUT2D eigenvalue weighted by molar-refractivity contribution is -0.138. The van der Waals surface area contributed by atoms with Crippen LogP contribution in [-0.4, -0.2) is 30.8 Å². The number of nitrogens with zero attached hydrogens (tertiary/aromatic N) is 1. The molecule has 0 aromatic heterocycles. The van der Waals surface area contributed by atoms with Gasteiger partial charge >= 0.3 is 12.4 Å². The number of rotatable bonds is 5. The molecule has 1 unspecified atom stereocenters. The average Bonchev–Trinajstić information content (AvgIpc) is 2.81. The van der Waals surface area contributed by atoms with E-state index in [1.165, 1.54) is 50.5 Å². The lowest BCUT2D eigenvalue weighted by Crippen LogP contribution is -2.40. The second kappa shape index (κ2) is 9.81. The summed E-state index contributed by atoms with van der Waals surface area (Å²) in [7, 11) is 2.81. The van der Waals surface area contributed by atoms with Crippen molar-refractivity contribution < 1.29 is 35.9 Å². The summed E-state index contributed by atoms with van der Waals surface area (Å²) in [4.78, 5) is 26.8. The third-order valence-electron chi connectivity index (χ3n) is 5.18. The highest BCUT2D eigenvalue weighted by molar-refractivity contribution is 5.98. The first-order valence-corrected chi connectivity index (χ1v) is 10.2. The maximum Gasteiger partial charge on any atom is 0.416 e. The van der Waals surface area contributed by atoms with Crippen LogP contribution in [-0.2, 0) is 17.1 Å². The highest BCUT2D eigenvalue weighted by Gasteiger charge is 2.33. The van der Waals surface area contributed by atoms with Crippen molar-refractivity contribution in [1.29, 1.82) is 0 Å². The highest BCUT2D eigenvalue weighted by Crippen LogP contribution is 2.32. The molecule has 0 fully saturated rings. The van der Waals surface area contributed by atoms with E-state index in [0.29, 0.717) is 11.1 Å². The summed E-state index contributed by atoms with van der Waals surface area (Å²) in [6.07, 6.45) is -9.13. The molecule has 10 heteroatoms. The molecule has 0 heterocycles. The maximum absolute atomic E-state index is 13.2. The molecule has 3 aromatic carbocycles. The quantitative estimate of drug-likeness (QED) is 0.446. The number of carbonyl (C=O) groups excluding carboxylic acids is 2. The van der Waals surface area contributed by atoms with Crippen molar-refractivity contribution in [3.8, 4) is 11.1 Å². The van der Waals surface area contributed by atoms with Gasteiger partial charge in [0.1, 0.15) is 6.04 Å². The number of nitrogens with one attached hydrogen (secondary N) is 1. The predicted octanol–water partition coefficient (Wildman–Crippen LogP) is 5.95. The number of hydrogen-bond acceptors (Lipinski definition) is 2. The van der Waals surface area contributed by atoms with Crippen molar-refractivity contribution in [3.63, 3.8) is 0 Å². The average molecular weight is 494 g/mol. The molecule has 0 radical (unpaired) electrons. The lowest BCUT2D eigenvalue weighted by Gasteiger charge is -2.23. The van der Waals surface area contributed by atoms with E-state index in [1.54, 1.807) is 6.07 Å². The first kappa shape index (κ1) is 25.8. The van der Waals surface area contributed by atoms with E-state index in [-0.39, 0.29) is 11.1 Å². The van der Waals surface area contributed by atoms with Crippen molar-refractivity contribution >= 4 is 11.8 Å². The fraction of sp³-hybridized carbons (Fsp3) is 0.200. The fourth-order valence-electron chi connectivity index (χ4n) is 3.35. The first-order valence-electron chi connectivity index (χ1n) is 10.2. The Balaban J connectivity index is 1.91. The molecule has 0 saturated heterocycles. The highest BCUT2D eigenvalue weighted by atomic mass is 19.4. The normalized spacial score (nSPS) is 12.7. The maximum atomic E-state index is 13.2. The van der Waals surface area contributed by atoms with E-state index in [0.717, 1.165) is 35.2 Å². The Kier molecular flexibility index (Phi) is 7.23. The van der Waals surface area contributed by atoms with Crippen LogP contribution in [0.25, 0.3) is 11.1 Å². The van der Waals surface area contributed by atoms with E-state index in [1.807, 2.05) is 0 Å². The monoisotopic (exact) mass is 494 g/mol. The first-order chi connectivity index (χ1) is 16.3. The van der Waals surface area contributed by atoms with E-state index in [9.17, 15) is 35.9 Å². The van der Waals surface area contributed by atoms with Crippen LogP contribution >= 0.6 is 0 Å². The van der Waals surface area contributed by atoms with Gasteiger partial charge in [0.2, 0.25) is 5.91 Å². The molecule has 0 aliphatic heterocycles. The molecule has 2 amide bonds. The Bertz CT molecular complexity index is 1220. The molecule has 184 valence electrons. The van der Waals surface area contributed by atoms with Gasteiger partial charge in [0.05, 0.1) is 11.1 Å². The Hall–Kier alpha value is -3.82. The van der Waals surface area contributed by atoms with E-state index >= 15 is 0 Å². The summed E-state index contributed by atoms with van der Waals surface area (Å²) in [6.45, 7) is 0. The van der Waals surface area contributed by atoms with Crippen LogP contribution in [0.15, 0.2) is 72.8 Å². The number of amides is 2. The Morgan fingerprint density at radius 3 is 1.91 bits per heavy atom. The van der Waals surface area contributed by atoms with Crippen LogP contribution in [0.5, 0.6) is 0 Å². The van der Waals surface area contributed by atoms with Gasteiger partial charge in [-0.05, 0) is 53.1 Å². The SMILES string of the molecule is CN(C)C(=O)C(NC(=O)c1cccc(-c2ccc(C(F)(F)F)cc2)c1)c1cccc(C(F)(F)F)c1. The molecule has 35 heavy (non-hydrogen) atoms. The molecule has 0 spiro atoms. The summed E-state index contributed by atoms with van der Waals surface area (Å²) in [5.41, 5.74) is -0.893. The van der Waals surface area contributed by atoms with Gasteiger partial charge in [0.15, 0.2) is 0 Å². The van der Waals surface area contributed by atoms with Crippen LogP contribution in [0.1, 0.15) is 33.1 Å². The van der Waals surface area contributed by atoms with Crippen molar-refractivity contribution in [2.24, 2.45) is 0 Å². The molecule has 0 saturated carbocycles. The third kappa shape index (κ3) is 6.20. The van der Waals surface area contributed by atoms with Crippen molar-refractivity contribution in [3.05, 3.63) is 95.1 Å². The molecule has 1 atom stereocenters. The van der Waals surface area contributed by atoms with Gasteiger partial charge in [0, 0.05) is 19.7 Å². The van der Waals surface area contributed by atoms with Gasteiger partial charge in [0.25, 0.3) is 5.91 Å². The van der Waals surface area contributed by atoms with E-state index in [4.69, 9.17) is 0 Å². The second-order valence-electron chi connectivity index (χ2n) is 7.92. The van der Waals surface area contributed by atoms with Crippen molar-refractivity contribution in [2.45, 2.75) is 18.4 Å². The van der Waals surface area contributed by atoms with E-state index in [2.05, 4.69) is 5.32 Å². The smallest absolute Gasteiger partial charge is 0.347 e. The number of halogens is 6. The number of benzene rings is 3. The number of likely N-dealkylation sites (N-methyl/N-ethyl adjacent to an activating group) is 1. The zero-order valence-electron chi connectivity index (χ0n) is 18.5. The fourth-order valence-corrected chi connectivity index (χ4v) is 3.35. The van der Waals surface area contributed by atoms with Gasteiger partial charge in [-0.3, -0.25) is 9.59 Å². The Morgan fingerprint density at radius 2 is 1.34 bits per heavy atom. The van der Waals surface area contributed by atoms with Crippen LogP contribution < -0.4 is 5.32 Å². The van der Waals surface area contributed by atoms with Gasteiger partial charge in [-0.15, -0.1) is 0 Å². The largest absolute Gasteiger partial charge is 0.416 e. The molecule has 4 nitrogen and oxygen atoms in total. The molecule has 0 aliphatic carbocycles. The molecule has 0 aliphatic rings. The molecule has 3 aromatic rings. The van der Waals surface area contributed by atoms with Gasteiger partial charge < -0.3 is 10.2 Å². The summed E-state index contributed by atoms with van der Waals surface area (Å²) in [5, 5.41) is 2.47. The summed E-state index contributed by atoms with van der Waals surface area (Å²) < 4.78 is 78.0. The van der Waals surface area contributed by atoms with Gasteiger partial charge in [-0.1, -0.05) is 36.4 Å². The zero-order chi connectivity index (χ0) is 26.0. The minimum atomic E-state index is -4.64. The third-order valence-corrected chi connectivity index (χ3v) is 5.18. The topological polar surface area (TPSA) is 49.4 Å².